The maximum Gasteiger partial charge on any atom is 0.431 e. The Morgan fingerprint density at radius 1 is 1.04 bits per heavy atom. The van der Waals surface area contributed by atoms with Crippen molar-refractivity contribution in [1.29, 1.82) is 0 Å². The first-order valence-corrected chi connectivity index (χ1v) is 7.53. The van der Waals surface area contributed by atoms with Gasteiger partial charge in [-0.15, -0.1) is 0 Å². The summed E-state index contributed by atoms with van der Waals surface area (Å²) in [5, 5.41) is 3.08. The topological polar surface area (TPSA) is 48.1 Å². The van der Waals surface area contributed by atoms with E-state index in [-0.39, 0.29) is 5.91 Å². The van der Waals surface area contributed by atoms with Gasteiger partial charge in [0.25, 0.3) is 5.91 Å². The van der Waals surface area contributed by atoms with Crippen LogP contribution in [0.5, 0.6) is 0 Å². The highest BCUT2D eigenvalue weighted by molar-refractivity contribution is 6.05. The van der Waals surface area contributed by atoms with E-state index < -0.39 is 11.9 Å². The quantitative estimate of drug-likeness (QED) is 0.733. The van der Waals surface area contributed by atoms with Gasteiger partial charge >= 0.3 is 6.18 Å². The molecule has 0 spiro atoms. The maximum atomic E-state index is 12.7. The average Bonchev–Trinajstić information content (AvgIpc) is 2.98. The molecule has 4 nitrogen and oxygen atoms in total. The Morgan fingerprint density at radius 3 is 2.32 bits per heavy atom. The first-order valence-electron chi connectivity index (χ1n) is 7.53. The molecule has 0 atom stereocenters. The highest BCUT2D eigenvalue weighted by atomic mass is 19.4. The molecule has 2 aromatic carbocycles. The zero-order chi connectivity index (χ0) is 18.2. The number of halogens is 3. The van der Waals surface area contributed by atoms with Crippen molar-refractivity contribution in [3.63, 3.8) is 0 Å². The summed E-state index contributed by atoms with van der Waals surface area (Å²) >= 11 is 0. The second kappa shape index (κ2) is 6.16. The number of aromatic amines is 1. The lowest BCUT2D eigenvalue weighted by molar-refractivity contribution is -0.140. The SMILES string of the molecule is CN(C)c1ccc(C(=O)Nc2ccc3[nH]c(C(F)(F)F)cc3c2)cc1. The fourth-order valence-electron chi connectivity index (χ4n) is 2.48. The molecule has 1 aromatic heterocycles. The number of hydrogen-bond acceptors (Lipinski definition) is 2. The number of hydrogen-bond donors (Lipinski definition) is 2. The molecule has 1 heterocycles. The summed E-state index contributed by atoms with van der Waals surface area (Å²) in [4.78, 5) is 16.5. The van der Waals surface area contributed by atoms with E-state index >= 15 is 0 Å². The van der Waals surface area contributed by atoms with Crippen LogP contribution in [-0.4, -0.2) is 25.0 Å². The van der Waals surface area contributed by atoms with Crippen molar-refractivity contribution in [2.24, 2.45) is 0 Å². The second-order valence-electron chi connectivity index (χ2n) is 5.88. The molecule has 25 heavy (non-hydrogen) atoms. The van der Waals surface area contributed by atoms with E-state index in [9.17, 15) is 18.0 Å². The number of nitrogens with zero attached hydrogens (tertiary/aromatic N) is 1. The van der Waals surface area contributed by atoms with Crippen molar-refractivity contribution in [1.82, 2.24) is 4.98 Å². The van der Waals surface area contributed by atoms with Gasteiger partial charge in [0, 0.05) is 41.9 Å². The Balaban J connectivity index is 1.81. The lowest BCUT2D eigenvalue weighted by atomic mass is 10.1. The smallest absolute Gasteiger partial charge is 0.378 e. The minimum atomic E-state index is -4.43. The van der Waals surface area contributed by atoms with Crippen LogP contribution in [0.15, 0.2) is 48.5 Å². The van der Waals surface area contributed by atoms with Crippen LogP contribution >= 0.6 is 0 Å². The Morgan fingerprint density at radius 2 is 1.72 bits per heavy atom. The first kappa shape index (κ1) is 16.9. The minimum absolute atomic E-state index is 0.323. The number of carbonyl (C=O) groups excluding carboxylic acids is 1. The van der Waals surface area contributed by atoms with Gasteiger partial charge in [-0.1, -0.05) is 0 Å². The molecule has 0 aliphatic carbocycles. The third-order valence-electron chi connectivity index (χ3n) is 3.83. The minimum Gasteiger partial charge on any atom is -0.378 e. The first-order chi connectivity index (χ1) is 11.7. The van der Waals surface area contributed by atoms with Gasteiger partial charge in [0.2, 0.25) is 0 Å². The molecular weight excluding hydrogens is 331 g/mol. The van der Waals surface area contributed by atoms with E-state index in [1.165, 1.54) is 12.1 Å². The summed E-state index contributed by atoms with van der Waals surface area (Å²) in [5.41, 5.74) is 1.41. The Kier molecular flexibility index (Phi) is 4.16. The summed E-state index contributed by atoms with van der Waals surface area (Å²) in [7, 11) is 3.80. The third-order valence-corrected chi connectivity index (χ3v) is 3.83. The monoisotopic (exact) mass is 347 g/mol. The number of anilines is 2. The lowest BCUT2D eigenvalue weighted by Gasteiger charge is -2.12. The summed E-state index contributed by atoms with van der Waals surface area (Å²) in [5.74, 6) is -0.323. The number of benzene rings is 2. The number of H-pyrrole nitrogens is 1. The van der Waals surface area contributed by atoms with E-state index in [0.29, 0.717) is 22.2 Å². The fourth-order valence-corrected chi connectivity index (χ4v) is 2.48. The summed E-state index contributed by atoms with van der Waals surface area (Å²) in [6.45, 7) is 0. The molecule has 0 aliphatic heterocycles. The molecule has 0 bridgehead atoms. The number of alkyl halides is 3. The number of aromatic nitrogens is 1. The van der Waals surface area contributed by atoms with Crippen molar-refractivity contribution < 1.29 is 18.0 Å². The van der Waals surface area contributed by atoms with E-state index in [0.717, 1.165) is 11.8 Å². The van der Waals surface area contributed by atoms with Crippen LogP contribution < -0.4 is 10.2 Å². The van der Waals surface area contributed by atoms with Crippen molar-refractivity contribution >= 4 is 28.2 Å². The summed E-state index contributed by atoms with van der Waals surface area (Å²) in [6, 6.07) is 12.6. The molecule has 130 valence electrons. The molecular formula is C18H16F3N3O. The molecule has 2 N–H and O–H groups in total. The van der Waals surface area contributed by atoms with Gasteiger partial charge in [-0.2, -0.15) is 13.2 Å². The van der Waals surface area contributed by atoms with Crippen LogP contribution in [0.25, 0.3) is 10.9 Å². The van der Waals surface area contributed by atoms with Crippen LogP contribution in [0.2, 0.25) is 0 Å². The number of amides is 1. The molecule has 0 radical (unpaired) electrons. The fraction of sp³-hybridized carbons (Fsp3) is 0.167. The summed E-state index contributed by atoms with van der Waals surface area (Å²) in [6.07, 6.45) is -4.43. The average molecular weight is 347 g/mol. The van der Waals surface area contributed by atoms with Gasteiger partial charge in [0.15, 0.2) is 0 Å². The lowest BCUT2D eigenvalue weighted by Crippen LogP contribution is -2.13. The van der Waals surface area contributed by atoms with Crippen molar-refractivity contribution in [3.8, 4) is 0 Å². The zero-order valence-corrected chi connectivity index (χ0v) is 13.6. The number of fused-ring (bicyclic) bond motifs is 1. The van der Waals surface area contributed by atoms with E-state index in [1.807, 2.05) is 31.1 Å². The largest absolute Gasteiger partial charge is 0.431 e. The highest BCUT2D eigenvalue weighted by Gasteiger charge is 2.32. The molecule has 0 aliphatic rings. The molecule has 0 unspecified atom stereocenters. The number of nitrogens with one attached hydrogen (secondary N) is 2. The van der Waals surface area contributed by atoms with Crippen LogP contribution in [0.3, 0.4) is 0 Å². The Hall–Kier alpha value is -2.96. The van der Waals surface area contributed by atoms with E-state index in [1.54, 1.807) is 18.2 Å². The van der Waals surface area contributed by atoms with Crippen LogP contribution in [0, 0.1) is 0 Å². The Labute approximate surface area is 142 Å². The standard InChI is InChI=1S/C18H16F3N3O/c1-24(2)14-6-3-11(4-7-14)17(25)22-13-5-8-15-12(9-13)10-16(23-15)18(19,20)21/h3-10,23H,1-2H3,(H,22,25). The van der Waals surface area contributed by atoms with Gasteiger partial charge in [-0.3, -0.25) is 4.79 Å². The van der Waals surface area contributed by atoms with Crippen molar-refractivity contribution in [2.45, 2.75) is 6.18 Å². The van der Waals surface area contributed by atoms with Crippen LogP contribution in [0.4, 0.5) is 24.5 Å². The van der Waals surface area contributed by atoms with Gasteiger partial charge < -0.3 is 15.2 Å². The Bertz CT molecular complexity index is 911. The predicted molar refractivity (Wildman–Crippen MR) is 92.0 cm³/mol. The zero-order valence-electron chi connectivity index (χ0n) is 13.6. The molecule has 7 heteroatoms. The normalized spacial score (nSPS) is 11.6. The van der Waals surface area contributed by atoms with Gasteiger partial charge in [0.1, 0.15) is 5.69 Å². The van der Waals surface area contributed by atoms with Crippen molar-refractivity contribution in [3.05, 3.63) is 59.8 Å². The molecule has 1 amide bonds. The molecule has 3 aromatic rings. The van der Waals surface area contributed by atoms with E-state index in [2.05, 4.69) is 10.3 Å². The van der Waals surface area contributed by atoms with Gasteiger partial charge in [-0.05, 0) is 48.5 Å². The van der Waals surface area contributed by atoms with Gasteiger partial charge in [-0.25, -0.2) is 0 Å². The highest BCUT2D eigenvalue weighted by Crippen LogP contribution is 2.32. The molecule has 3 rings (SSSR count). The van der Waals surface area contributed by atoms with E-state index in [4.69, 9.17) is 0 Å². The maximum absolute atomic E-state index is 12.7. The van der Waals surface area contributed by atoms with Gasteiger partial charge in [0.05, 0.1) is 0 Å². The summed E-state index contributed by atoms with van der Waals surface area (Å²) < 4.78 is 38.2. The molecule has 0 saturated carbocycles. The number of rotatable bonds is 3. The molecule has 0 saturated heterocycles. The molecule has 0 fully saturated rings. The number of carbonyl (C=O) groups is 1. The second-order valence-corrected chi connectivity index (χ2v) is 5.88. The van der Waals surface area contributed by atoms with Crippen LogP contribution in [0.1, 0.15) is 16.1 Å². The third kappa shape index (κ3) is 3.60. The predicted octanol–water partition coefficient (Wildman–Crippen LogP) is 4.51. The van der Waals surface area contributed by atoms with Crippen molar-refractivity contribution in [2.75, 3.05) is 24.3 Å². The van der Waals surface area contributed by atoms with Crippen LogP contribution in [-0.2, 0) is 6.18 Å².